The first-order chi connectivity index (χ1) is 7.27. The average molecular weight is 212 g/mol. The van der Waals surface area contributed by atoms with Crippen molar-refractivity contribution in [1.82, 2.24) is 10.2 Å². The fourth-order valence-corrected chi connectivity index (χ4v) is 2.30. The highest BCUT2D eigenvalue weighted by atomic mass is 16.5. The van der Waals surface area contributed by atoms with E-state index in [2.05, 4.69) is 12.2 Å². The highest BCUT2D eigenvalue weighted by molar-refractivity contribution is 5.78. The smallest absolute Gasteiger partial charge is 0.236 e. The van der Waals surface area contributed by atoms with Crippen molar-refractivity contribution >= 4 is 5.91 Å². The highest BCUT2D eigenvalue weighted by Gasteiger charge is 2.25. The average Bonchev–Trinajstić information content (AvgIpc) is 2.85. The maximum atomic E-state index is 11.7. The van der Waals surface area contributed by atoms with Crippen LogP contribution in [-0.2, 0) is 9.53 Å². The number of carbonyl (C=O) groups excluding carboxylic acids is 1. The Hall–Kier alpha value is -0.610. The summed E-state index contributed by atoms with van der Waals surface area (Å²) < 4.78 is 5.44. The number of ether oxygens (including phenoxy) is 1. The van der Waals surface area contributed by atoms with E-state index in [9.17, 15) is 4.79 Å². The highest BCUT2D eigenvalue weighted by Crippen LogP contribution is 2.12. The van der Waals surface area contributed by atoms with Crippen molar-refractivity contribution in [2.75, 3.05) is 26.2 Å². The molecule has 0 aromatic rings. The second kappa shape index (κ2) is 4.94. The van der Waals surface area contributed by atoms with Crippen LogP contribution in [0.5, 0.6) is 0 Å². The molecule has 0 aromatic carbocycles. The molecule has 1 N–H and O–H groups in total. The predicted molar refractivity (Wildman–Crippen MR) is 57.6 cm³/mol. The minimum atomic E-state index is 0.242. The lowest BCUT2D eigenvalue weighted by Crippen LogP contribution is -2.42. The third kappa shape index (κ3) is 2.69. The molecule has 15 heavy (non-hydrogen) atoms. The summed E-state index contributed by atoms with van der Waals surface area (Å²) in [5, 5.41) is 3.29. The van der Waals surface area contributed by atoms with Gasteiger partial charge in [-0.15, -0.1) is 0 Å². The fraction of sp³-hybridized carbons (Fsp3) is 0.909. The Morgan fingerprint density at radius 3 is 2.80 bits per heavy atom. The van der Waals surface area contributed by atoms with Gasteiger partial charge in [0.05, 0.1) is 12.6 Å². The fourth-order valence-electron chi connectivity index (χ4n) is 2.30. The monoisotopic (exact) mass is 212 g/mol. The zero-order chi connectivity index (χ0) is 10.7. The number of nitrogens with zero attached hydrogens (tertiary/aromatic N) is 1. The molecule has 0 aliphatic carbocycles. The normalized spacial score (nSPS) is 31.1. The molecule has 2 atom stereocenters. The largest absolute Gasteiger partial charge is 0.377 e. The van der Waals surface area contributed by atoms with Crippen molar-refractivity contribution in [2.24, 2.45) is 0 Å². The van der Waals surface area contributed by atoms with Crippen molar-refractivity contribution in [3.8, 4) is 0 Å². The summed E-state index contributed by atoms with van der Waals surface area (Å²) in [6.45, 7) is 5.23. The maximum absolute atomic E-state index is 11.7. The topological polar surface area (TPSA) is 41.6 Å². The number of likely N-dealkylation sites (tertiary alicyclic amines) is 1. The number of carbonyl (C=O) groups is 1. The molecular formula is C11H20N2O2. The van der Waals surface area contributed by atoms with Crippen LogP contribution in [0.2, 0.25) is 0 Å². The van der Waals surface area contributed by atoms with Crippen LogP contribution in [0.25, 0.3) is 0 Å². The van der Waals surface area contributed by atoms with Crippen molar-refractivity contribution in [3.05, 3.63) is 0 Å². The lowest BCUT2D eigenvalue weighted by atomic mass is 10.1. The molecule has 0 aromatic heterocycles. The van der Waals surface area contributed by atoms with E-state index in [1.54, 1.807) is 0 Å². The molecule has 2 aliphatic heterocycles. The Morgan fingerprint density at radius 2 is 2.20 bits per heavy atom. The Morgan fingerprint density at radius 1 is 1.47 bits per heavy atom. The van der Waals surface area contributed by atoms with E-state index in [1.165, 1.54) is 0 Å². The summed E-state index contributed by atoms with van der Waals surface area (Å²) in [5.74, 6) is 0.242. The van der Waals surface area contributed by atoms with Gasteiger partial charge in [-0.25, -0.2) is 0 Å². The molecule has 86 valence electrons. The maximum Gasteiger partial charge on any atom is 0.236 e. The number of amides is 1. The van der Waals surface area contributed by atoms with Gasteiger partial charge in [0.25, 0.3) is 0 Å². The molecular weight excluding hydrogens is 192 g/mol. The van der Waals surface area contributed by atoms with E-state index in [-0.39, 0.29) is 12.0 Å². The molecule has 2 aliphatic rings. The molecule has 2 unspecified atom stereocenters. The van der Waals surface area contributed by atoms with E-state index >= 15 is 0 Å². The molecule has 0 radical (unpaired) electrons. The summed E-state index contributed by atoms with van der Waals surface area (Å²) in [6, 6.07) is 0.358. The van der Waals surface area contributed by atoms with Gasteiger partial charge in [0, 0.05) is 25.7 Å². The first kappa shape index (κ1) is 10.9. The lowest BCUT2D eigenvalue weighted by molar-refractivity contribution is -0.129. The van der Waals surface area contributed by atoms with Crippen LogP contribution in [0.15, 0.2) is 0 Å². The van der Waals surface area contributed by atoms with Gasteiger partial charge in [-0.3, -0.25) is 4.79 Å². The van der Waals surface area contributed by atoms with Crippen LogP contribution in [0.4, 0.5) is 0 Å². The number of rotatable bonds is 3. The quantitative estimate of drug-likeness (QED) is 0.735. The molecule has 0 spiro atoms. The van der Waals surface area contributed by atoms with Gasteiger partial charge in [0.15, 0.2) is 0 Å². The van der Waals surface area contributed by atoms with Crippen molar-refractivity contribution < 1.29 is 9.53 Å². The van der Waals surface area contributed by atoms with Gasteiger partial charge in [-0.05, 0) is 26.2 Å². The van der Waals surface area contributed by atoms with E-state index in [1.807, 2.05) is 4.90 Å². The summed E-state index contributed by atoms with van der Waals surface area (Å²) in [4.78, 5) is 13.7. The Bertz CT molecular complexity index is 227. The van der Waals surface area contributed by atoms with E-state index in [4.69, 9.17) is 4.74 Å². The van der Waals surface area contributed by atoms with Crippen LogP contribution in [-0.4, -0.2) is 49.2 Å². The molecule has 1 amide bonds. The van der Waals surface area contributed by atoms with Gasteiger partial charge in [0.1, 0.15) is 0 Å². The summed E-state index contributed by atoms with van der Waals surface area (Å²) in [6.07, 6.45) is 3.59. The van der Waals surface area contributed by atoms with E-state index in [0.717, 1.165) is 39.0 Å². The van der Waals surface area contributed by atoms with E-state index in [0.29, 0.717) is 12.6 Å². The van der Waals surface area contributed by atoms with Crippen LogP contribution in [0.1, 0.15) is 26.2 Å². The molecule has 2 rings (SSSR count). The molecule has 0 saturated carbocycles. The third-order valence-electron chi connectivity index (χ3n) is 3.35. The molecule has 2 saturated heterocycles. The molecule has 2 heterocycles. The minimum absolute atomic E-state index is 0.242. The molecule has 4 heteroatoms. The van der Waals surface area contributed by atoms with Crippen LogP contribution >= 0.6 is 0 Å². The van der Waals surface area contributed by atoms with Gasteiger partial charge in [0.2, 0.25) is 5.91 Å². The number of hydrogen-bond donors (Lipinski definition) is 1. The van der Waals surface area contributed by atoms with Crippen molar-refractivity contribution in [3.63, 3.8) is 0 Å². The van der Waals surface area contributed by atoms with Crippen molar-refractivity contribution in [2.45, 2.75) is 38.3 Å². The number of hydrogen-bond acceptors (Lipinski definition) is 3. The molecule has 4 nitrogen and oxygen atoms in total. The van der Waals surface area contributed by atoms with Gasteiger partial charge >= 0.3 is 0 Å². The van der Waals surface area contributed by atoms with Gasteiger partial charge in [-0.2, -0.15) is 0 Å². The summed E-state index contributed by atoms with van der Waals surface area (Å²) in [7, 11) is 0. The zero-order valence-corrected chi connectivity index (χ0v) is 9.37. The lowest BCUT2D eigenvalue weighted by Gasteiger charge is -2.19. The van der Waals surface area contributed by atoms with Gasteiger partial charge < -0.3 is 15.0 Å². The first-order valence-electron chi connectivity index (χ1n) is 5.90. The van der Waals surface area contributed by atoms with Crippen LogP contribution in [0.3, 0.4) is 0 Å². The minimum Gasteiger partial charge on any atom is -0.377 e. The second-order valence-corrected chi connectivity index (χ2v) is 4.44. The number of nitrogens with one attached hydrogen (secondary N) is 1. The summed E-state index contributed by atoms with van der Waals surface area (Å²) >= 11 is 0. The predicted octanol–water partition coefficient (Wildman–Crippen LogP) is 0.376. The zero-order valence-electron chi connectivity index (χ0n) is 9.37. The van der Waals surface area contributed by atoms with Crippen LogP contribution < -0.4 is 5.32 Å². The molecule has 2 fully saturated rings. The Labute approximate surface area is 91.0 Å². The summed E-state index contributed by atoms with van der Waals surface area (Å²) in [5.41, 5.74) is 0. The first-order valence-corrected chi connectivity index (χ1v) is 5.90. The standard InChI is InChI=1S/C11H20N2O2/c1-9-10(4-7-15-9)12-8-11(14)13-5-2-3-6-13/h9-10,12H,2-8H2,1H3. The third-order valence-corrected chi connectivity index (χ3v) is 3.35. The van der Waals surface area contributed by atoms with Crippen molar-refractivity contribution in [1.29, 1.82) is 0 Å². The van der Waals surface area contributed by atoms with E-state index < -0.39 is 0 Å². The second-order valence-electron chi connectivity index (χ2n) is 4.44. The van der Waals surface area contributed by atoms with Crippen LogP contribution in [0, 0.1) is 0 Å². The molecule has 0 bridgehead atoms. The Kier molecular flexibility index (Phi) is 3.59. The SMILES string of the molecule is CC1OCCC1NCC(=O)N1CCCC1. The van der Waals surface area contributed by atoms with Gasteiger partial charge in [-0.1, -0.05) is 0 Å². The Balaban J connectivity index is 1.70.